The highest BCUT2D eigenvalue weighted by atomic mass is 79.9. The molecule has 16 heavy (non-hydrogen) atoms. The molecule has 0 saturated carbocycles. The normalized spacial score (nSPS) is 13.8. The summed E-state index contributed by atoms with van der Waals surface area (Å²) < 4.78 is 1.23. The second kappa shape index (κ2) is 6.20. The second-order valence-corrected chi connectivity index (χ2v) is 7.28. The molecule has 0 saturated heterocycles. The predicted molar refractivity (Wildman–Crippen MR) is 79.3 cm³/mol. The lowest BCUT2D eigenvalue weighted by atomic mass is 9.89. The third-order valence-corrected chi connectivity index (χ3v) is 5.41. The summed E-state index contributed by atoms with van der Waals surface area (Å²) in [5.41, 5.74) is 1.77. The zero-order chi connectivity index (χ0) is 12.2. The number of alkyl halides is 1. The Morgan fingerprint density at radius 3 is 2.38 bits per heavy atom. The monoisotopic (exact) mass is 346 g/mol. The molecule has 0 spiro atoms. The maximum absolute atomic E-state index is 3.78. The van der Waals surface area contributed by atoms with Gasteiger partial charge in [-0.25, -0.2) is 0 Å². The van der Waals surface area contributed by atoms with Gasteiger partial charge >= 0.3 is 0 Å². The van der Waals surface area contributed by atoms with Gasteiger partial charge in [0, 0.05) is 9.30 Å². The molecular formula is C14H20Br2. The minimum atomic E-state index is 0.355. The molecule has 0 aromatic heterocycles. The molecule has 90 valence electrons. The minimum absolute atomic E-state index is 0.355. The summed E-state index contributed by atoms with van der Waals surface area (Å²) in [7, 11) is 0. The van der Waals surface area contributed by atoms with Crippen molar-refractivity contribution < 1.29 is 0 Å². The van der Waals surface area contributed by atoms with Gasteiger partial charge < -0.3 is 0 Å². The molecule has 0 fully saturated rings. The summed E-state index contributed by atoms with van der Waals surface area (Å²) in [4.78, 5) is 0.600. The Balaban J connectivity index is 2.40. The molecule has 0 nitrogen and oxygen atoms in total. The Morgan fingerprint density at radius 2 is 1.81 bits per heavy atom. The van der Waals surface area contributed by atoms with Gasteiger partial charge in [0.25, 0.3) is 0 Å². The molecule has 0 heterocycles. The highest BCUT2D eigenvalue weighted by Gasteiger charge is 2.20. The molecule has 0 aliphatic carbocycles. The summed E-state index contributed by atoms with van der Waals surface area (Å²) in [6.45, 7) is 6.85. The summed E-state index contributed by atoms with van der Waals surface area (Å²) in [5.74, 6) is 0. The van der Waals surface area contributed by atoms with Crippen LogP contribution in [0.4, 0.5) is 0 Å². The van der Waals surface area contributed by atoms with Crippen molar-refractivity contribution in [3.05, 3.63) is 34.3 Å². The number of benzene rings is 1. The van der Waals surface area contributed by atoms with Crippen molar-refractivity contribution in [2.24, 2.45) is 5.41 Å². The summed E-state index contributed by atoms with van der Waals surface area (Å²) in [6, 6.07) is 8.49. The van der Waals surface area contributed by atoms with Gasteiger partial charge in [0.2, 0.25) is 0 Å². The Hall–Kier alpha value is 0.180. The van der Waals surface area contributed by atoms with Gasteiger partial charge in [0.05, 0.1) is 0 Å². The van der Waals surface area contributed by atoms with E-state index in [4.69, 9.17) is 0 Å². The van der Waals surface area contributed by atoms with Crippen LogP contribution in [0.3, 0.4) is 0 Å². The molecule has 0 radical (unpaired) electrons. The zero-order valence-corrected chi connectivity index (χ0v) is 13.4. The van der Waals surface area contributed by atoms with E-state index in [-0.39, 0.29) is 0 Å². The standard InChI is InChI=1S/C14H20Br2/c1-14(2,3)13(16)10-6-8-11-7-4-5-9-12(11)15/h4-5,7,9,13H,6,8,10H2,1-3H3. The Kier molecular flexibility index (Phi) is 5.52. The molecule has 1 rings (SSSR count). The predicted octanol–water partition coefficient (Wildman–Crippen LogP) is 5.58. The molecule has 0 aliphatic rings. The lowest BCUT2D eigenvalue weighted by Crippen LogP contribution is -2.20. The average Bonchev–Trinajstić information content (AvgIpc) is 2.19. The number of hydrogen-bond acceptors (Lipinski definition) is 0. The number of halogens is 2. The SMILES string of the molecule is CC(C)(C)C(Br)CCCc1ccccc1Br. The van der Waals surface area contributed by atoms with Crippen LogP contribution in [0.15, 0.2) is 28.7 Å². The Labute approximate surface area is 116 Å². The molecule has 1 aromatic rings. The van der Waals surface area contributed by atoms with Crippen LogP contribution in [-0.4, -0.2) is 4.83 Å². The van der Waals surface area contributed by atoms with Crippen molar-refractivity contribution in [2.75, 3.05) is 0 Å². The highest BCUT2D eigenvalue weighted by molar-refractivity contribution is 9.10. The zero-order valence-electron chi connectivity index (χ0n) is 10.3. The lowest BCUT2D eigenvalue weighted by molar-refractivity contribution is 0.380. The van der Waals surface area contributed by atoms with Gasteiger partial charge in [-0.2, -0.15) is 0 Å². The third kappa shape index (κ3) is 4.58. The molecule has 0 amide bonds. The van der Waals surface area contributed by atoms with Gasteiger partial charge in [0.1, 0.15) is 0 Å². The van der Waals surface area contributed by atoms with Crippen LogP contribution in [0.2, 0.25) is 0 Å². The van der Waals surface area contributed by atoms with E-state index in [2.05, 4.69) is 76.9 Å². The largest absolute Gasteiger partial charge is 0.0885 e. The van der Waals surface area contributed by atoms with Crippen molar-refractivity contribution in [3.8, 4) is 0 Å². The van der Waals surface area contributed by atoms with Crippen LogP contribution in [0.5, 0.6) is 0 Å². The van der Waals surface area contributed by atoms with Crippen molar-refractivity contribution in [1.82, 2.24) is 0 Å². The first kappa shape index (κ1) is 14.2. The van der Waals surface area contributed by atoms with Gasteiger partial charge in [-0.05, 0) is 36.3 Å². The van der Waals surface area contributed by atoms with E-state index in [0.29, 0.717) is 10.2 Å². The summed E-state index contributed by atoms with van der Waals surface area (Å²) in [5, 5.41) is 0. The molecule has 1 atom stereocenters. The molecule has 1 unspecified atom stereocenters. The summed E-state index contributed by atoms with van der Waals surface area (Å²) >= 11 is 7.37. The van der Waals surface area contributed by atoms with Crippen LogP contribution in [0.1, 0.15) is 39.2 Å². The molecule has 1 aromatic carbocycles. The van der Waals surface area contributed by atoms with E-state index in [9.17, 15) is 0 Å². The van der Waals surface area contributed by atoms with E-state index in [1.807, 2.05) is 0 Å². The fourth-order valence-corrected chi connectivity index (χ4v) is 2.41. The van der Waals surface area contributed by atoms with Gasteiger partial charge in [-0.15, -0.1) is 0 Å². The number of hydrogen-bond donors (Lipinski definition) is 0. The van der Waals surface area contributed by atoms with Crippen LogP contribution in [-0.2, 0) is 6.42 Å². The average molecular weight is 348 g/mol. The highest BCUT2D eigenvalue weighted by Crippen LogP contribution is 2.30. The quantitative estimate of drug-likeness (QED) is 0.623. The van der Waals surface area contributed by atoms with E-state index < -0.39 is 0 Å². The van der Waals surface area contributed by atoms with E-state index >= 15 is 0 Å². The van der Waals surface area contributed by atoms with E-state index in [0.717, 1.165) is 6.42 Å². The number of rotatable bonds is 4. The molecule has 0 N–H and O–H groups in total. The first-order valence-electron chi connectivity index (χ1n) is 5.79. The van der Waals surface area contributed by atoms with Crippen molar-refractivity contribution in [2.45, 2.75) is 44.9 Å². The van der Waals surface area contributed by atoms with E-state index in [1.165, 1.54) is 22.9 Å². The smallest absolute Gasteiger partial charge is 0.0207 e. The van der Waals surface area contributed by atoms with Crippen LogP contribution in [0, 0.1) is 5.41 Å². The van der Waals surface area contributed by atoms with Gasteiger partial charge in [-0.3, -0.25) is 0 Å². The number of aryl methyl sites for hydroxylation is 1. The second-order valence-electron chi connectivity index (χ2n) is 5.32. The fraction of sp³-hybridized carbons (Fsp3) is 0.571. The van der Waals surface area contributed by atoms with E-state index in [1.54, 1.807) is 0 Å². The van der Waals surface area contributed by atoms with Crippen molar-refractivity contribution >= 4 is 31.9 Å². The molecule has 0 aliphatic heterocycles. The fourth-order valence-electron chi connectivity index (χ4n) is 1.61. The Morgan fingerprint density at radius 1 is 1.19 bits per heavy atom. The lowest BCUT2D eigenvalue weighted by Gasteiger charge is -2.25. The maximum atomic E-state index is 3.78. The molecule has 0 bridgehead atoms. The molecule has 2 heteroatoms. The topological polar surface area (TPSA) is 0 Å². The maximum Gasteiger partial charge on any atom is 0.0207 e. The van der Waals surface area contributed by atoms with Gasteiger partial charge in [-0.1, -0.05) is 70.8 Å². The first-order chi connectivity index (χ1) is 7.41. The molecular weight excluding hydrogens is 328 g/mol. The van der Waals surface area contributed by atoms with Crippen LogP contribution >= 0.6 is 31.9 Å². The van der Waals surface area contributed by atoms with Crippen LogP contribution < -0.4 is 0 Å². The first-order valence-corrected chi connectivity index (χ1v) is 7.49. The third-order valence-electron chi connectivity index (χ3n) is 2.80. The summed E-state index contributed by atoms with van der Waals surface area (Å²) in [6.07, 6.45) is 3.61. The van der Waals surface area contributed by atoms with Crippen LogP contribution in [0.25, 0.3) is 0 Å². The Bertz CT molecular complexity index is 326. The van der Waals surface area contributed by atoms with Gasteiger partial charge in [0.15, 0.2) is 0 Å². The van der Waals surface area contributed by atoms with Crippen molar-refractivity contribution in [1.29, 1.82) is 0 Å². The van der Waals surface area contributed by atoms with Crippen molar-refractivity contribution in [3.63, 3.8) is 0 Å². The minimum Gasteiger partial charge on any atom is -0.0885 e.